The first-order valence-corrected chi connectivity index (χ1v) is 6.49. The molecule has 0 atom stereocenters. The Morgan fingerprint density at radius 3 is 2.67 bits per heavy atom. The molecule has 1 aliphatic rings. The second-order valence-corrected chi connectivity index (χ2v) is 4.83. The Morgan fingerprint density at radius 1 is 1.11 bits per heavy atom. The molecule has 0 bridgehead atoms. The van der Waals surface area contributed by atoms with Crippen LogP contribution in [0.25, 0.3) is 11.4 Å². The zero-order valence-corrected chi connectivity index (χ0v) is 10.3. The molecule has 0 radical (unpaired) electrons. The van der Waals surface area contributed by atoms with Gasteiger partial charge in [0.15, 0.2) is 5.82 Å². The summed E-state index contributed by atoms with van der Waals surface area (Å²) in [5.41, 5.74) is 7.65. The lowest BCUT2D eigenvalue weighted by Crippen LogP contribution is -2.15. The predicted molar refractivity (Wildman–Crippen MR) is 69.8 cm³/mol. The van der Waals surface area contributed by atoms with Crippen LogP contribution in [-0.2, 0) is 0 Å². The lowest BCUT2D eigenvalue weighted by molar-refractivity contribution is 0.327. The lowest BCUT2D eigenvalue weighted by atomic mass is 9.95. The van der Waals surface area contributed by atoms with E-state index in [-0.39, 0.29) is 0 Å². The van der Waals surface area contributed by atoms with E-state index < -0.39 is 0 Å². The number of para-hydroxylation sites is 1. The van der Waals surface area contributed by atoms with Crippen LogP contribution >= 0.6 is 0 Å². The minimum absolute atomic E-state index is 0.420. The number of tetrazole rings is 1. The third-order valence-electron chi connectivity index (χ3n) is 3.62. The average molecular weight is 243 g/mol. The van der Waals surface area contributed by atoms with Crippen LogP contribution in [0.3, 0.4) is 0 Å². The van der Waals surface area contributed by atoms with Gasteiger partial charge in [0.2, 0.25) is 0 Å². The van der Waals surface area contributed by atoms with Crippen LogP contribution in [-0.4, -0.2) is 20.2 Å². The van der Waals surface area contributed by atoms with Gasteiger partial charge in [0.05, 0.1) is 6.04 Å². The van der Waals surface area contributed by atoms with Crippen molar-refractivity contribution in [2.75, 3.05) is 5.73 Å². The fourth-order valence-corrected chi connectivity index (χ4v) is 2.64. The number of nitrogens with two attached hydrogens (primary N) is 1. The van der Waals surface area contributed by atoms with Crippen molar-refractivity contribution in [3.8, 4) is 11.4 Å². The molecule has 0 amide bonds. The Morgan fingerprint density at radius 2 is 1.89 bits per heavy atom. The van der Waals surface area contributed by atoms with E-state index in [9.17, 15) is 0 Å². The molecule has 1 aromatic carbocycles. The molecular weight excluding hydrogens is 226 g/mol. The Kier molecular flexibility index (Phi) is 2.96. The molecule has 0 unspecified atom stereocenters. The molecule has 5 heteroatoms. The van der Waals surface area contributed by atoms with Crippen molar-refractivity contribution in [3.05, 3.63) is 24.3 Å². The summed E-state index contributed by atoms with van der Waals surface area (Å²) >= 11 is 0. The van der Waals surface area contributed by atoms with Gasteiger partial charge in [-0.05, 0) is 35.4 Å². The number of benzene rings is 1. The summed E-state index contributed by atoms with van der Waals surface area (Å²) in [5.74, 6) is 0.792. The number of nitrogens with zero attached hydrogens (tertiary/aromatic N) is 4. The molecule has 2 N–H and O–H groups in total. The molecule has 3 rings (SSSR count). The van der Waals surface area contributed by atoms with Crippen molar-refractivity contribution in [3.63, 3.8) is 0 Å². The van der Waals surface area contributed by atoms with E-state index in [1.807, 2.05) is 28.9 Å². The SMILES string of the molecule is Nc1ccccc1-c1nnnn1C1CCCCC1. The maximum Gasteiger partial charge on any atom is 0.184 e. The third kappa shape index (κ3) is 1.96. The smallest absolute Gasteiger partial charge is 0.184 e. The summed E-state index contributed by atoms with van der Waals surface area (Å²) in [5, 5.41) is 12.1. The molecule has 5 nitrogen and oxygen atoms in total. The van der Waals surface area contributed by atoms with Crippen LogP contribution in [0.1, 0.15) is 38.1 Å². The third-order valence-corrected chi connectivity index (χ3v) is 3.62. The molecule has 18 heavy (non-hydrogen) atoms. The minimum Gasteiger partial charge on any atom is -0.398 e. The summed E-state index contributed by atoms with van der Waals surface area (Å²) in [7, 11) is 0. The van der Waals surface area contributed by atoms with Crippen molar-refractivity contribution in [2.45, 2.75) is 38.1 Å². The van der Waals surface area contributed by atoms with Crippen LogP contribution in [0, 0.1) is 0 Å². The minimum atomic E-state index is 0.420. The van der Waals surface area contributed by atoms with Crippen molar-refractivity contribution < 1.29 is 0 Å². The van der Waals surface area contributed by atoms with Gasteiger partial charge in [0.25, 0.3) is 0 Å². The molecule has 1 saturated carbocycles. The van der Waals surface area contributed by atoms with Crippen LogP contribution in [0.4, 0.5) is 5.69 Å². The Hall–Kier alpha value is -1.91. The van der Waals surface area contributed by atoms with E-state index >= 15 is 0 Å². The standard InChI is InChI=1S/C13H17N5/c14-12-9-5-4-8-11(12)13-15-16-17-18(13)10-6-2-1-3-7-10/h4-5,8-10H,1-3,6-7,14H2. The van der Waals surface area contributed by atoms with Gasteiger partial charge in [-0.2, -0.15) is 0 Å². The highest BCUT2D eigenvalue weighted by molar-refractivity contribution is 5.71. The van der Waals surface area contributed by atoms with Gasteiger partial charge in [-0.15, -0.1) is 5.10 Å². The van der Waals surface area contributed by atoms with E-state index in [2.05, 4.69) is 15.5 Å². The Bertz CT molecular complexity index is 528. The molecule has 1 aromatic heterocycles. The van der Waals surface area contributed by atoms with Crippen molar-refractivity contribution in [1.29, 1.82) is 0 Å². The van der Waals surface area contributed by atoms with E-state index in [1.165, 1.54) is 19.3 Å². The fourth-order valence-electron chi connectivity index (χ4n) is 2.64. The molecule has 0 aliphatic heterocycles. The highest BCUT2D eigenvalue weighted by atomic mass is 15.5. The normalized spacial score (nSPS) is 16.9. The highest BCUT2D eigenvalue weighted by Gasteiger charge is 2.21. The van der Waals surface area contributed by atoms with E-state index in [0.29, 0.717) is 6.04 Å². The molecule has 94 valence electrons. The van der Waals surface area contributed by atoms with Crippen molar-refractivity contribution in [1.82, 2.24) is 20.2 Å². The number of anilines is 1. The fraction of sp³-hybridized carbons (Fsp3) is 0.462. The van der Waals surface area contributed by atoms with Gasteiger partial charge in [-0.1, -0.05) is 31.4 Å². The second kappa shape index (κ2) is 4.76. The van der Waals surface area contributed by atoms with E-state index in [1.54, 1.807) is 0 Å². The second-order valence-electron chi connectivity index (χ2n) is 4.83. The predicted octanol–water partition coefficient (Wildman–Crippen LogP) is 2.43. The summed E-state index contributed by atoms with van der Waals surface area (Å²) < 4.78 is 1.95. The van der Waals surface area contributed by atoms with Crippen molar-refractivity contribution >= 4 is 5.69 Å². The molecule has 0 spiro atoms. The average Bonchev–Trinajstić information content (AvgIpc) is 2.89. The number of aromatic nitrogens is 4. The van der Waals surface area contributed by atoms with Gasteiger partial charge >= 0.3 is 0 Å². The number of nitrogen functional groups attached to an aromatic ring is 1. The van der Waals surface area contributed by atoms with Gasteiger partial charge in [0, 0.05) is 11.3 Å². The maximum absolute atomic E-state index is 6.00. The Balaban J connectivity index is 1.98. The van der Waals surface area contributed by atoms with Crippen LogP contribution in [0.2, 0.25) is 0 Å². The summed E-state index contributed by atoms with van der Waals surface area (Å²) in [4.78, 5) is 0. The van der Waals surface area contributed by atoms with Gasteiger partial charge in [-0.25, -0.2) is 4.68 Å². The number of rotatable bonds is 2. The first-order chi connectivity index (χ1) is 8.86. The molecule has 2 aromatic rings. The quantitative estimate of drug-likeness (QED) is 0.822. The topological polar surface area (TPSA) is 69.6 Å². The monoisotopic (exact) mass is 243 g/mol. The molecule has 0 saturated heterocycles. The largest absolute Gasteiger partial charge is 0.398 e. The highest BCUT2D eigenvalue weighted by Crippen LogP contribution is 2.31. The van der Waals surface area contributed by atoms with Crippen LogP contribution in [0.15, 0.2) is 24.3 Å². The van der Waals surface area contributed by atoms with Crippen molar-refractivity contribution in [2.24, 2.45) is 0 Å². The van der Waals surface area contributed by atoms with Gasteiger partial charge in [0.1, 0.15) is 0 Å². The first kappa shape index (κ1) is 11.2. The summed E-state index contributed by atoms with van der Waals surface area (Å²) in [6, 6.07) is 8.16. The van der Waals surface area contributed by atoms with Crippen LogP contribution in [0.5, 0.6) is 0 Å². The maximum atomic E-state index is 6.00. The molecular formula is C13H17N5. The zero-order valence-electron chi connectivity index (χ0n) is 10.3. The van der Waals surface area contributed by atoms with Crippen LogP contribution < -0.4 is 5.73 Å². The van der Waals surface area contributed by atoms with Gasteiger partial charge < -0.3 is 5.73 Å². The summed E-state index contributed by atoms with van der Waals surface area (Å²) in [6.07, 6.45) is 6.15. The molecule has 1 heterocycles. The van der Waals surface area contributed by atoms with E-state index in [0.717, 1.165) is 29.9 Å². The summed E-state index contributed by atoms with van der Waals surface area (Å²) in [6.45, 7) is 0. The van der Waals surface area contributed by atoms with Gasteiger partial charge in [-0.3, -0.25) is 0 Å². The molecule has 1 aliphatic carbocycles. The zero-order chi connectivity index (χ0) is 12.4. The Labute approximate surface area is 106 Å². The lowest BCUT2D eigenvalue weighted by Gasteiger charge is -2.22. The number of hydrogen-bond donors (Lipinski definition) is 1. The van der Waals surface area contributed by atoms with E-state index in [4.69, 9.17) is 5.73 Å². The number of hydrogen-bond acceptors (Lipinski definition) is 4. The molecule has 1 fully saturated rings. The first-order valence-electron chi connectivity index (χ1n) is 6.49.